The normalized spacial score (nSPS) is 22.4. The highest BCUT2D eigenvalue weighted by Crippen LogP contribution is 2.34. The highest BCUT2D eigenvalue weighted by atomic mass is 19.3. The zero-order valence-corrected chi connectivity index (χ0v) is 9.57. The monoisotopic (exact) mass is 257 g/mol. The Morgan fingerprint density at radius 1 is 1.44 bits per heavy atom. The molecule has 1 aliphatic carbocycles. The van der Waals surface area contributed by atoms with Gasteiger partial charge in [-0.3, -0.25) is 0 Å². The third kappa shape index (κ3) is 3.12. The molecule has 0 aromatic carbocycles. The summed E-state index contributed by atoms with van der Waals surface area (Å²) < 4.78 is 26.3. The van der Waals surface area contributed by atoms with Gasteiger partial charge in [-0.15, -0.1) is 0 Å². The molecular formula is C11H13F2N3O2. The second kappa shape index (κ2) is 4.83. The molecule has 0 amide bonds. The van der Waals surface area contributed by atoms with E-state index in [0.29, 0.717) is 18.7 Å². The third-order valence-electron chi connectivity index (χ3n) is 2.86. The van der Waals surface area contributed by atoms with Crippen molar-refractivity contribution in [3.05, 3.63) is 18.1 Å². The van der Waals surface area contributed by atoms with Crippen molar-refractivity contribution < 1.29 is 18.7 Å². The zero-order chi connectivity index (χ0) is 13.2. The van der Waals surface area contributed by atoms with Gasteiger partial charge in [-0.2, -0.15) is 0 Å². The maximum absolute atomic E-state index is 13.2. The number of alkyl halides is 2. The molecule has 2 N–H and O–H groups in total. The summed E-state index contributed by atoms with van der Waals surface area (Å²) in [7, 11) is 0. The SMILES string of the molecule is O=C(O)c1cnc(NC2CCCC(F)(F)C2)cn1. The third-order valence-corrected chi connectivity index (χ3v) is 2.86. The van der Waals surface area contributed by atoms with Gasteiger partial charge >= 0.3 is 5.97 Å². The van der Waals surface area contributed by atoms with Gasteiger partial charge in [-0.05, 0) is 12.8 Å². The van der Waals surface area contributed by atoms with Gasteiger partial charge in [-0.1, -0.05) is 0 Å². The summed E-state index contributed by atoms with van der Waals surface area (Å²) in [5.74, 6) is -3.48. The lowest BCUT2D eigenvalue weighted by atomic mass is 9.92. The average molecular weight is 257 g/mol. The summed E-state index contributed by atoms with van der Waals surface area (Å²) in [5, 5.41) is 11.5. The van der Waals surface area contributed by atoms with E-state index in [0.717, 1.165) is 6.20 Å². The van der Waals surface area contributed by atoms with Crippen molar-refractivity contribution in [1.82, 2.24) is 9.97 Å². The van der Waals surface area contributed by atoms with E-state index >= 15 is 0 Å². The molecule has 1 unspecified atom stereocenters. The minimum Gasteiger partial charge on any atom is -0.476 e. The fraction of sp³-hybridized carbons (Fsp3) is 0.545. The number of aromatic carboxylic acids is 1. The van der Waals surface area contributed by atoms with Crippen LogP contribution in [0.5, 0.6) is 0 Å². The van der Waals surface area contributed by atoms with Crippen molar-refractivity contribution in [3.8, 4) is 0 Å². The summed E-state index contributed by atoms with van der Waals surface area (Å²) in [5.41, 5.74) is -0.172. The minimum atomic E-state index is -2.63. The second-order valence-corrected chi connectivity index (χ2v) is 4.39. The topological polar surface area (TPSA) is 75.1 Å². The van der Waals surface area contributed by atoms with Crippen LogP contribution in [0.15, 0.2) is 12.4 Å². The van der Waals surface area contributed by atoms with Crippen molar-refractivity contribution >= 4 is 11.8 Å². The number of hydrogen-bond acceptors (Lipinski definition) is 4. The molecule has 0 radical (unpaired) electrons. The lowest BCUT2D eigenvalue weighted by Crippen LogP contribution is -2.34. The van der Waals surface area contributed by atoms with Crippen LogP contribution < -0.4 is 5.32 Å². The summed E-state index contributed by atoms with van der Waals surface area (Å²) in [6, 6.07) is -0.348. The number of carboxylic acids is 1. The Morgan fingerprint density at radius 3 is 2.78 bits per heavy atom. The molecule has 1 fully saturated rings. The van der Waals surface area contributed by atoms with Crippen LogP contribution in [0.25, 0.3) is 0 Å². The summed E-state index contributed by atoms with van der Waals surface area (Å²) >= 11 is 0. The van der Waals surface area contributed by atoms with E-state index < -0.39 is 11.9 Å². The number of nitrogens with zero attached hydrogens (tertiary/aromatic N) is 2. The number of carbonyl (C=O) groups is 1. The molecule has 1 aromatic rings. The molecule has 7 heteroatoms. The van der Waals surface area contributed by atoms with Crippen LogP contribution in [0.1, 0.15) is 36.2 Å². The fourth-order valence-corrected chi connectivity index (χ4v) is 2.02. The number of halogens is 2. The Bertz CT molecular complexity index is 436. The van der Waals surface area contributed by atoms with Gasteiger partial charge in [0.2, 0.25) is 5.92 Å². The van der Waals surface area contributed by atoms with E-state index in [1.807, 2.05) is 0 Å². The van der Waals surface area contributed by atoms with Crippen LogP contribution in [0, 0.1) is 0 Å². The lowest BCUT2D eigenvalue weighted by Gasteiger charge is -2.29. The van der Waals surface area contributed by atoms with Gasteiger partial charge in [0, 0.05) is 18.9 Å². The number of carboxylic acid groups (broad SMARTS) is 1. The number of aromatic nitrogens is 2. The molecule has 0 aliphatic heterocycles. The minimum absolute atomic E-state index is 0.0746. The van der Waals surface area contributed by atoms with E-state index in [2.05, 4.69) is 15.3 Å². The van der Waals surface area contributed by atoms with Gasteiger partial charge in [0.05, 0.1) is 12.4 Å². The molecule has 18 heavy (non-hydrogen) atoms. The first kappa shape index (κ1) is 12.7. The maximum Gasteiger partial charge on any atom is 0.356 e. The Morgan fingerprint density at radius 2 is 2.22 bits per heavy atom. The molecule has 0 saturated heterocycles. The predicted octanol–water partition coefficient (Wildman–Crippen LogP) is 2.16. The summed E-state index contributed by atoms with van der Waals surface area (Å²) in [6.45, 7) is 0. The molecular weight excluding hydrogens is 244 g/mol. The van der Waals surface area contributed by atoms with Crippen molar-refractivity contribution in [3.63, 3.8) is 0 Å². The van der Waals surface area contributed by atoms with Crippen LogP contribution in [-0.4, -0.2) is 33.0 Å². The van der Waals surface area contributed by atoms with Crippen LogP contribution in [0.4, 0.5) is 14.6 Å². The maximum atomic E-state index is 13.2. The van der Waals surface area contributed by atoms with E-state index in [1.54, 1.807) is 0 Å². The van der Waals surface area contributed by atoms with Gasteiger partial charge in [-0.25, -0.2) is 23.5 Å². The molecule has 2 rings (SSSR count). The Kier molecular flexibility index (Phi) is 3.40. The van der Waals surface area contributed by atoms with Crippen LogP contribution >= 0.6 is 0 Å². The zero-order valence-electron chi connectivity index (χ0n) is 9.57. The van der Waals surface area contributed by atoms with Crippen molar-refractivity contribution in [2.75, 3.05) is 5.32 Å². The first-order valence-electron chi connectivity index (χ1n) is 5.66. The van der Waals surface area contributed by atoms with Crippen molar-refractivity contribution in [2.24, 2.45) is 0 Å². The predicted molar refractivity (Wildman–Crippen MR) is 59.8 cm³/mol. The lowest BCUT2D eigenvalue weighted by molar-refractivity contribution is -0.0373. The first-order chi connectivity index (χ1) is 8.46. The molecule has 98 valence electrons. The Labute approximate surface area is 102 Å². The quantitative estimate of drug-likeness (QED) is 0.867. The largest absolute Gasteiger partial charge is 0.476 e. The summed E-state index contributed by atoms with van der Waals surface area (Å²) in [4.78, 5) is 18.1. The van der Waals surface area contributed by atoms with Crippen molar-refractivity contribution in [2.45, 2.75) is 37.6 Å². The Hall–Kier alpha value is -1.79. The van der Waals surface area contributed by atoms with E-state index in [1.165, 1.54) is 6.20 Å². The average Bonchev–Trinajstić information content (AvgIpc) is 2.28. The molecule has 1 aliphatic rings. The fourth-order valence-electron chi connectivity index (χ4n) is 2.02. The smallest absolute Gasteiger partial charge is 0.356 e. The van der Waals surface area contributed by atoms with Crippen molar-refractivity contribution in [1.29, 1.82) is 0 Å². The second-order valence-electron chi connectivity index (χ2n) is 4.39. The van der Waals surface area contributed by atoms with Gasteiger partial charge in [0.25, 0.3) is 0 Å². The standard InChI is InChI=1S/C11H13F2N3O2/c12-11(13)3-1-2-7(4-11)16-9-6-14-8(5-15-9)10(17)18/h5-7H,1-4H2,(H,15,16)(H,17,18). The highest BCUT2D eigenvalue weighted by molar-refractivity contribution is 5.84. The Balaban J connectivity index is 1.99. The molecule has 1 heterocycles. The molecule has 5 nitrogen and oxygen atoms in total. The van der Waals surface area contributed by atoms with E-state index in [4.69, 9.17) is 5.11 Å². The molecule has 0 bridgehead atoms. The number of nitrogens with one attached hydrogen (secondary N) is 1. The van der Waals surface area contributed by atoms with E-state index in [9.17, 15) is 13.6 Å². The molecule has 1 aromatic heterocycles. The van der Waals surface area contributed by atoms with Gasteiger partial charge in [0.15, 0.2) is 5.69 Å². The molecule has 1 saturated carbocycles. The van der Waals surface area contributed by atoms with Crippen LogP contribution in [0.3, 0.4) is 0 Å². The highest BCUT2D eigenvalue weighted by Gasteiger charge is 2.36. The first-order valence-corrected chi connectivity index (χ1v) is 5.66. The molecule has 0 spiro atoms. The van der Waals surface area contributed by atoms with Crippen LogP contribution in [-0.2, 0) is 0 Å². The van der Waals surface area contributed by atoms with Crippen LogP contribution in [0.2, 0.25) is 0 Å². The van der Waals surface area contributed by atoms with Gasteiger partial charge < -0.3 is 10.4 Å². The number of rotatable bonds is 3. The molecule has 1 atom stereocenters. The van der Waals surface area contributed by atoms with E-state index in [-0.39, 0.29) is 24.6 Å². The number of anilines is 1. The summed E-state index contributed by atoms with van der Waals surface area (Å²) in [6.07, 6.45) is 3.16. The number of hydrogen-bond donors (Lipinski definition) is 2. The van der Waals surface area contributed by atoms with Gasteiger partial charge in [0.1, 0.15) is 5.82 Å².